The summed E-state index contributed by atoms with van der Waals surface area (Å²) in [5.41, 5.74) is 0.965. The summed E-state index contributed by atoms with van der Waals surface area (Å²) in [5, 5.41) is 10.7. The second-order valence-electron chi connectivity index (χ2n) is 4.02. The van der Waals surface area contributed by atoms with Crippen molar-refractivity contribution in [2.24, 2.45) is 0 Å². The molecule has 6 heteroatoms. The molecular weight excluding hydrogens is 265 g/mol. The first kappa shape index (κ1) is 13.7. The van der Waals surface area contributed by atoms with Crippen LogP contribution in [0, 0.1) is 15.9 Å². The maximum absolute atomic E-state index is 13.4. The molecule has 2 aromatic rings. The number of non-ortho nitro benzene ring substituents is 1. The summed E-state index contributed by atoms with van der Waals surface area (Å²) in [7, 11) is 1.27. The summed E-state index contributed by atoms with van der Waals surface area (Å²) in [5.74, 6) is -1.17. The van der Waals surface area contributed by atoms with Crippen molar-refractivity contribution in [2.75, 3.05) is 7.11 Å². The number of hydrogen-bond donors (Lipinski definition) is 0. The standard InChI is InChI=1S/C14H10FNO4/c1-20-14(17)10-4-2-9(3-5-10)11-6-12(15)8-13(7-11)16(18)19/h2-8H,1H3. The summed E-state index contributed by atoms with van der Waals surface area (Å²) >= 11 is 0. The van der Waals surface area contributed by atoms with Crippen molar-refractivity contribution in [3.63, 3.8) is 0 Å². The Morgan fingerprint density at radius 2 is 1.80 bits per heavy atom. The van der Waals surface area contributed by atoms with Crippen LogP contribution in [0.4, 0.5) is 10.1 Å². The molecule has 0 saturated carbocycles. The van der Waals surface area contributed by atoms with E-state index in [0.717, 1.165) is 6.07 Å². The number of hydrogen-bond acceptors (Lipinski definition) is 4. The van der Waals surface area contributed by atoms with Gasteiger partial charge in [0.1, 0.15) is 5.82 Å². The molecular formula is C14H10FNO4. The van der Waals surface area contributed by atoms with Gasteiger partial charge in [-0.15, -0.1) is 0 Å². The lowest BCUT2D eigenvalue weighted by Gasteiger charge is -2.04. The van der Waals surface area contributed by atoms with Gasteiger partial charge in [-0.1, -0.05) is 12.1 Å². The topological polar surface area (TPSA) is 69.4 Å². The van der Waals surface area contributed by atoms with E-state index in [0.29, 0.717) is 16.7 Å². The predicted octanol–water partition coefficient (Wildman–Crippen LogP) is 3.19. The maximum Gasteiger partial charge on any atom is 0.337 e. The predicted molar refractivity (Wildman–Crippen MR) is 69.8 cm³/mol. The minimum atomic E-state index is -0.689. The van der Waals surface area contributed by atoms with Crippen LogP contribution in [0.25, 0.3) is 11.1 Å². The summed E-state index contributed by atoms with van der Waals surface area (Å²) in [6.07, 6.45) is 0. The van der Waals surface area contributed by atoms with E-state index in [2.05, 4.69) is 4.74 Å². The van der Waals surface area contributed by atoms with Crippen molar-refractivity contribution >= 4 is 11.7 Å². The zero-order chi connectivity index (χ0) is 14.7. The lowest BCUT2D eigenvalue weighted by molar-refractivity contribution is -0.385. The molecule has 2 rings (SSSR count). The van der Waals surface area contributed by atoms with Gasteiger partial charge in [-0.05, 0) is 29.3 Å². The van der Waals surface area contributed by atoms with Crippen molar-refractivity contribution in [3.8, 4) is 11.1 Å². The molecule has 0 aliphatic rings. The van der Waals surface area contributed by atoms with E-state index in [-0.39, 0.29) is 5.69 Å². The van der Waals surface area contributed by atoms with Crippen LogP contribution in [0.1, 0.15) is 10.4 Å². The minimum absolute atomic E-state index is 0.322. The Balaban J connectivity index is 2.41. The Kier molecular flexibility index (Phi) is 3.74. The first-order valence-corrected chi connectivity index (χ1v) is 5.65. The molecule has 0 bridgehead atoms. The Labute approximate surface area is 113 Å². The second kappa shape index (κ2) is 5.48. The van der Waals surface area contributed by atoms with Gasteiger partial charge in [-0.25, -0.2) is 9.18 Å². The molecule has 0 heterocycles. The average molecular weight is 275 g/mol. The third kappa shape index (κ3) is 2.80. The zero-order valence-corrected chi connectivity index (χ0v) is 10.5. The van der Waals surface area contributed by atoms with Crippen LogP contribution in [0.2, 0.25) is 0 Å². The highest BCUT2D eigenvalue weighted by Gasteiger charge is 2.11. The Hall–Kier alpha value is -2.76. The number of nitro benzene ring substituents is 1. The molecule has 0 aliphatic heterocycles. The molecule has 20 heavy (non-hydrogen) atoms. The van der Waals surface area contributed by atoms with E-state index in [1.165, 1.54) is 31.4 Å². The fourth-order valence-electron chi connectivity index (χ4n) is 1.76. The minimum Gasteiger partial charge on any atom is -0.465 e. The van der Waals surface area contributed by atoms with Crippen LogP contribution in [0.3, 0.4) is 0 Å². The molecule has 0 aliphatic carbocycles. The van der Waals surface area contributed by atoms with Gasteiger partial charge in [0.2, 0.25) is 0 Å². The van der Waals surface area contributed by atoms with Crippen LogP contribution >= 0.6 is 0 Å². The van der Waals surface area contributed by atoms with Gasteiger partial charge in [-0.2, -0.15) is 0 Å². The van der Waals surface area contributed by atoms with Crippen LogP contribution in [0.15, 0.2) is 42.5 Å². The molecule has 0 N–H and O–H groups in total. The number of halogens is 1. The van der Waals surface area contributed by atoms with Gasteiger partial charge in [0, 0.05) is 6.07 Å². The number of carbonyl (C=O) groups excluding carboxylic acids is 1. The zero-order valence-electron chi connectivity index (χ0n) is 10.5. The van der Waals surface area contributed by atoms with Gasteiger partial charge in [0.15, 0.2) is 0 Å². The average Bonchev–Trinajstić information content (AvgIpc) is 2.46. The van der Waals surface area contributed by atoms with Crippen molar-refractivity contribution < 1.29 is 18.8 Å². The lowest BCUT2D eigenvalue weighted by Crippen LogP contribution is -2.00. The molecule has 5 nitrogen and oxygen atoms in total. The first-order chi connectivity index (χ1) is 9.51. The second-order valence-corrected chi connectivity index (χ2v) is 4.02. The molecule has 0 fully saturated rings. The van der Waals surface area contributed by atoms with Crippen LogP contribution < -0.4 is 0 Å². The van der Waals surface area contributed by atoms with Gasteiger partial charge < -0.3 is 4.74 Å². The number of nitrogens with zero attached hydrogens (tertiary/aromatic N) is 1. The molecule has 102 valence electrons. The normalized spacial score (nSPS) is 10.1. The highest BCUT2D eigenvalue weighted by atomic mass is 19.1. The molecule has 0 radical (unpaired) electrons. The van der Waals surface area contributed by atoms with E-state index >= 15 is 0 Å². The molecule has 0 saturated heterocycles. The maximum atomic E-state index is 13.4. The number of nitro groups is 1. The van der Waals surface area contributed by atoms with Crippen LogP contribution in [-0.4, -0.2) is 18.0 Å². The molecule has 0 spiro atoms. The van der Waals surface area contributed by atoms with Crippen LogP contribution in [0.5, 0.6) is 0 Å². The molecule has 0 atom stereocenters. The van der Waals surface area contributed by atoms with E-state index in [1.807, 2.05) is 0 Å². The number of esters is 1. The molecule has 0 amide bonds. The molecule has 2 aromatic carbocycles. The Bertz CT molecular complexity index is 667. The highest BCUT2D eigenvalue weighted by molar-refractivity contribution is 5.90. The quantitative estimate of drug-likeness (QED) is 0.490. The van der Waals surface area contributed by atoms with Gasteiger partial charge in [0.05, 0.1) is 23.7 Å². The van der Waals surface area contributed by atoms with Crippen molar-refractivity contribution in [3.05, 3.63) is 64.0 Å². The SMILES string of the molecule is COC(=O)c1ccc(-c2cc(F)cc([N+](=O)[O-])c2)cc1. The largest absolute Gasteiger partial charge is 0.465 e. The lowest BCUT2D eigenvalue weighted by atomic mass is 10.0. The van der Waals surface area contributed by atoms with Crippen molar-refractivity contribution in [1.29, 1.82) is 0 Å². The number of rotatable bonds is 3. The van der Waals surface area contributed by atoms with E-state index in [9.17, 15) is 19.3 Å². The van der Waals surface area contributed by atoms with Gasteiger partial charge in [0.25, 0.3) is 5.69 Å². The first-order valence-electron chi connectivity index (χ1n) is 5.65. The fraction of sp³-hybridized carbons (Fsp3) is 0.0714. The smallest absolute Gasteiger partial charge is 0.337 e. The fourth-order valence-corrected chi connectivity index (χ4v) is 1.76. The molecule has 0 aromatic heterocycles. The van der Waals surface area contributed by atoms with Crippen molar-refractivity contribution in [2.45, 2.75) is 0 Å². The highest BCUT2D eigenvalue weighted by Crippen LogP contribution is 2.25. The Morgan fingerprint density at radius 3 is 2.35 bits per heavy atom. The number of carbonyl (C=O) groups is 1. The van der Waals surface area contributed by atoms with E-state index in [4.69, 9.17) is 0 Å². The third-order valence-corrected chi connectivity index (χ3v) is 2.73. The monoisotopic (exact) mass is 275 g/mol. The molecule has 0 unspecified atom stereocenters. The summed E-state index contributed by atoms with van der Waals surface area (Å²) in [4.78, 5) is 21.3. The summed E-state index contributed by atoms with van der Waals surface area (Å²) in [6, 6.07) is 9.49. The summed E-state index contributed by atoms with van der Waals surface area (Å²) in [6.45, 7) is 0. The number of ether oxygens (including phenoxy) is 1. The van der Waals surface area contributed by atoms with E-state index < -0.39 is 16.7 Å². The van der Waals surface area contributed by atoms with E-state index in [1.54, 1.807) is 12.1 Å². The van der Waals surface area contributed by atoms with Crippen molar-refractivity contribution in [1.82, 2.24) is 0 Å². The Morgan fingerprint density at radius 1 is 1.15 bits per heavy atom. The third-order valence-electron chi connectivity index (χ3n) is 2.73. The van der Waals surface area contributed by atoms with Gasteiger partial charge >= 0.3 is 5.97 Å². The summed E-state index contributed by atoms with van der Waals surface area (Å²) < 4.78 is 17.9. The number of benzene rings is 2. The van der Waals surface area contributed by atoms with Crippen LogP contribution in [-0.2, 0) is 4.74 Å². The van der Waals surface area contributed by atoms with Gasteiger partial charge in [-0.3, -0.25) is 10.1 Å². The number of methoxy groups -OCH3 is 1.